The molecule has 0 radical (unpaired) electrons. The van der Waals surface area contributed by atoms with Crippen molar-refractivity contribution in [1.82, 2.24) is 4.31 Å². The Morgan fingerprint density at radius 3 is 2.62 bits per heavy atom. The van der Waals surface area contributed by atoms with Crippen LogP contribution in [0.5, 0.6) is 0 Å². The van der Waals surface area contributed by atoms with E-state index >= 15 is 0 Å². The van der Waals surface area contributed by atoms with Crippen LogP contribution < -0.4 is 0 Å². The van der Waals surface area contributed by atoms with Gasteiger partial charge in [0.05, 0.1) is 13.2 Å². The van der Waals surface area contributed by atoms with Gasteiger partial charge in [-0.25, -0.2) is 8.42 Å². The van der Waals surface area contributed by atoms with Crippen molar-refractivity contribution in [2.75, 3.05) is 40.6 Å². The van der Waals surface area contributed by atoms with Gasteiger partial charge in [0.2, 0.25) is 0 Å². The number of methoxy groups -OCH3 is 2. The molecule has 0 fully saturated rings. The van der Waals surface area contributed by atoms with Crippen LogP contribution >= 0.6 is 11.3 Å². The molecule has 21 heavy (non-hydrogen) atoms. The summed E-state index contributed by atoms with van der Waals surface area (Å²) < 4.78 is 37.2. The third-order valence-electron chi connectivity index (χ3n) is 2.97. The third-order valence-corrected chi connectivity index (χ3v) is 6.60. The molecule has 0 saturated heterocycles. The van der Waals surface area contributed by atoms with Gasteiger partial charge in [0.15, 0.2) is 0 Å². The minimum atomic E-state index is -3.58. The van der Waals surface area contributed by atoms with Gasteiger partial charge in [0.25, 0.3) is 10.0 Å². The number of ether oxygens (including phenoxy) is 2. The number of aliphatic hydroxyl groups excluding tert-OH is 1. The maximum atomic E-state index is 12.7. The largest absolute Gasteiger partial charge is 0.396 e. The van der Waals surface area contributed by atoms with Crippen LogP contribution in [0.15, 0.2) is 16.3 Å². The molecular weight excluding hydrogens is 314 g/mol. The first kappa shape index (κ1) is 18.5. The van der Waals surface area contributed by atoms with E-state index in [1.807, 2.05) is 0 Å². The molecule has 1 aromatic heterocycles. The van der Waals surface area contributed by atoms with Gasteiger partial charge in [-0.2, -0.15) is 4.31 Å². The molecule has 1 aromatic rings. The van der Waals surface area contributed by atoms with Gasteiger partial charge in [-0.3, -0.25) is 0 Å². The first-order valence-electron chi connectivity index (χ1n) is 6.66. The minimum absolute atomic E-state index is 0.00741. The fourth-order valence-corrected chi connectivity index (χ4v) is 5.01. The molecule has 122 valence electrons. The number of nitrogens with zero attached hydrogens (tertiary/aromatic N) is 1. The molecule has 1 heterocycles. The molecule has 0 spiro atoms. The first-order chi connectivity index (χ1) is 9.97. The Kier molecular flexibility index (Phi) is 7.78. The van der Waals surface area contributed by atoms with E-state index in [1.54, 1.807) is 26.2 Å². The lowest BCUT2D eigenvalue weighted by Crippen LogP contribution is -2.42. The molecule has 1 unspecified atom stereocenters. The predicted octanol–water partition coefficient (Wildman–Crippen LogP) is 0.955. The Morgan fingerprint density at radius 2 is 2.05 bits per heavy atom. The van der Waals surface area contributed by atoms with Gasteiger partial charge >= 0.3 is 0 Å². The van der Waals surface area contributed by atoms with E-state index in [9.17, 15) is 8.42 Å². The second kappa shape index (κ2) is 8.82. The lowest BCUT2D eigenvalue weighted by Gasteiger charge is -2.27. The molecule has 8 heteroatoms. The molecule has 6 nitrogen and oxygen atoms in total. The van der Waals surface area contributed by atoms with Crippen molar-refractivity contribution in [1.29, 1.82) is 0 Å². The summed E-state index contributed by atoms with van der Waals surface area (Å²) in [5.74, 6) is 0. The van der Waals surface area contributed by atoms with Crippen LogP contribution in [-0.4, -0.2) is 64.5 Å². The Hall–Kier alpha value is -0.510. The smallest absolute Gasteiger partial charge is 0.252 e. The van der Waals surface area contributed by atoms with Gasteiger partial charge in [-0.05, 0) is 19.1 Å². The molecule has 1 atom stereocenters. The molecule has 0 bridgehead atoms. The van der Waals surface area contributed by atoms with Crippen LogP contribution in [0.3, 0.4) is 0 Å². The zero-order valence-corrected chi connectivity index (χ0v) is 14.2. The summed E-state index contributed by atoms with van der Waals surface area (Å²) in [5.41, 5.74) is 0. The lowest BCUT2D eigenvalue weighted by molar-refractivity contribution is 0.119. The number of hydrogen-bond acceptors (Lipinski definition) is 6. The average Bonchev–Trinajstić information content (AvgIpc) is 2.89. The molecule has 0 saturated carbocycles. The number of thiophene rings is 1. The van der Waals surface area contributed by atoms with E-state index in [0.717, 1.165) is 4.88 Å². The Bertz CT molecular complexity index is 514. The zero-order valence-electron chi connectivity index (χ0n) is 12.6. The molecule has 0 aliphatic carbocycles. The van der Waals surface area contributed by atoms with Crippen LogP contribution in [0, 0.1) is 0 Å². The second-order valence-corrected chi connectivity index (χ2v) is 7.89. The Balaban J connectivity index is 3.00. The number of aliphatic hydroxyl groups is 1. The van der Waals surface area contributed by atoms with Crippen molar-refractivity contribution in [2.24, 2.45) is 0 Å². The van der Waals surface area contributed by atoms with Crippen LogP contribution in [0.2, 0.25) is 0 Å². The van der Waals surface area contributed by atoms with E-state index in [2.05, 4.69) is 0 Å². The quantitative estimate of drug-likeness (QED) is 0.688. The normalized spacial score (nSPS) is 13.8. The fraction of sp³-hybridized carbons (Fsp3) is 0.692. The highest BCUT2D eigenvalue weighted by atomic mass is 32.2. The van der Waals surface area contributed by atoms with Crippen molar-refractivity contribution in [3.05, 3.63) is 17.0 Å². The van der Waals surface area contributed by atoms with E-state index in [0.29, 0.717) is 19.6 Å². The maximum Gasteiger partial charge on any atom is 0.252 e. The summed E-state index contributed by atoms with van der Waals surface area (Å²) >= 11 is 1.19. The van der Waals surface area contributed by atoms with Gasteiger partial charge in [0, 0.05) is 44.7 Å². The zero-order chi connectivity index (χ0) is 15.9. The van der Waals surface area contributed by atoms with E-state index in [4.69, 9.17) is 14.6 Å². The molecule has 1 rings (SSSR count). The molecule has 0 aliphatic rings. The average molecular weight is 337 g/mol. The van der Waals surface area contributed by atoms with Crippen molar-refractivity contribution >= 4 is 21.4 Å². The molecule has 1 N–H and O–H groups in total. The van der Waals surface area contributed by atoms with E-state index < -0.39 is 10.0 Å². The number of sulfonamides is 1. The predicted molar refractivity (Wildman–Crippen MR) is 82.2 cm³/mol. The Morgan fingerprint density at radius 1 is 1.33 bits per heavy atom. The van der Waals surface area contributed by atoms with Crippen LogP contribution in [-0.2, 0) is 25.9 Å². The third kappa shape index (κ3) is 5.01. The summed E-state index contributed by atoms with van der Waals surface area (Å²) in [5, 5.41) is 8.93. The summed E-state index contributed by atoms with van der Waals surface area (Å²) in [6.07, 6.45) is 0.464. The van der Waals surface area contributed by atoms with Crippen molar-refractivity contribution in [3.8, 4) is 0 Å². The van der Waals surface area contributed by atoms with Gasteiger partial charge in [-0.1, -0.05) is 0 Å². The molecular formula is C13H23NO5S2. The van der Waals surface area contributed by atoms with Crippen molar-refractivity contribution in [3.63, 3.8) is 0 Å². The summed E-state index contributed by atoms with van der Waals surface area (Å²) in [6, 6.07) is 3.05. The van der Waals surface area contributed by atoms with Gasteiger partial charge < -0.3 is 14.6 Å². The van der Waals surface area contributed by atoms with E-state index in [1.165, 1.54) is 22.8 Å². The van der Waals surface area contributed by atoms with Crippen LogP contribution in [0.25, 0.3) is 0 Å². The minimum Gasteiger partial charge on any atom is -0.396 e. The standard InChI is InChI=1S/C13H23NO5S2/c1-11(10-19-3)14(7-9-18-2)21(16,17)13-5-4-12(20-13)6-8-15/h4-5,11,15H,6-10H2,1-3H3. The Labute approximate surface area is 130 Å². The molecule has 0 aliphatic heterocycles. The molecule has 0 aromatic carbocycles. The topological polar surface area (TPSA) is 76.1 Å². The highest BCUT2D eigenvalue weighted by Gasteiger charge is 2.30. The van der Waals surface area contributed by atoms with Gasteiger partial charge in [-0.15, -0.1) is 11.3 Å². The van der Waals surface area contributed by atoms with Crippen molar-refractivity contribution in [2.45, 2.75) is 23.6 Å². The van der Waals surface area contributed by atoms with Crippen LogP contribution in [0.1, 0.15) is 11.8 Å². The lowest BCUT2D eigenvalue weighted by atomic mass is 10.3. The summed E-state index contributed by atoms with van der Waals surface area (Å²) in [6.45, 7) is 2.73. The summed E-state index contributed by atoms with van der Waals surface area (Å²) in [4.78, 5) is 0.849. The maximum absolute atomic E-state index is 12.7. The number of hydrogen-bond donors (Lipinski definition) is 1. The van der Waals surface area contributed by atoms with Crippen molar-refractivity contribution < 1.29 is 23.0 Å². The first-order valence-corrected chi connectivity index (χ1v) is 8.92. The summed E-state index contributed by atoms with van der Waals surface area (Å²) in [7, 11) is -0.500. The monoisotopic (exact) mass is 337 g/mol. The SMILES string of the molecule is COCCN(C(C)COC)S(=O)(=O)c1ccc(CCO)s1. The molecule has 0 amide bonds. The highest BCUT2D eigenvalue weighted by molar-refractivity contribution is 7.91. The van der Waals surface area contributed by atoms with Crippen LogP contribution in [0.4, 0.5) is 0 Å². The fourth-order valence-electron chi connectivity index (χ4n) is 1.94. The number of rotatable bonds is 10. The highest BCUT2D eigenvalue weighted by Crippen LogP contribution is 2.26. The van der Waals surface area contributed by atoms with E-state index in [-0.39, 0.29) is 23.4 Å². The van der Waals surface area contributed by atoms with Gasteiger partial charge in [0.1, 0.15) is 4.21 Å². The second-order valence-electron chi connectivity index (χ2n) is 4.61.